The van der Waals surface area contributed by atoms with E-state index in [0.717, 1.165) is 28.9 Å². The van der Waals surface area contributed by atoms with Gasteiger partial charge in [-0.15, -0.1) is 0 Å². The summed E-state index contributed by atoms with van der Waals surface area (Å²) >= 11 is 4.62. The Morgan fingerprint density at radius 1 is 1.14 bits per heavy atom. The summed E-state index contributed by atoms with van der Waals surface area (Å²) in [5.41, 5.74) is 4.02. The molecule has 0 bridgehead atoms. The Balaban J connectivity index is 1.52. The standard InChI is InChI=1S/C30H38FN3O2S/c1-3-26-27(19-32-29(35)28(37)17-21-11-7-5-8-12-21)34(30(33-26)36-4-2)20-24-16-15-23(18-25(24)31)22-13-9-6-10-14-22/h6,9-10,13-16,18,21,28,37H,3-5,7-8,11-12,17,19-20H2,1-2H3,(H,32,35). The average molecular weight is 524 g/mol. The molecule has 1 saturated carbocycles. The van der Waals surface area contributed by atoms with Gasteiger partial charge in [-0.05, 0) is 42.9 Å². The summed E-state index contributed by atoms with van der Waals surface area (Å²) in [5.74, 6) is 0.221. The normalized spacial score (nSPS) is 14.9. The fourth-order valence-corrected chi connectivity index (χ4v) is 5.57. The Morgan fingerprint density at radius 2 is 1.89 bits per heavy atom. The molecule has 2 aromatic carbocycles. The number of carbonyl (C=O) groups is 1. The lowest BCUT2D eigenvalue weighted by Crippen LogP contribution is -2.33. The van der Waals surface area contributed by atoms with Gasteiger partial charge >= 0.3 is 0 Å². The highest BCUT2D eigenvalue weighted by atomic mass is 32.1. The van der Waals surface area contributed by atoms with Gasteiger partial charge in [-0.3, -0.25) is 9.36 Å². The molecule has 0 spiro atoms. The minimum absolute atomic E-state index is 0.0694. The third kappa shape index (κ3) is 6.95. The number of benzene rings is 2. The van der Waals surface area contributed by atoms with Crippen molar-refractivity contribution in [3.8, 4) is 17.1 Å². The van der Waals surface area contributed by atoms with Gasteiger partial charge in [0.1, 0.15) is 5.82 Å². The van der Waals surface area contributed by atoms with Crippen molar-refractivity contribution in [2.75, 3.05) is 6.61 Å². The van der Waals surface area contributed by atoms with Crippen molar-refractivity contribution >= 4 is 18.5 Å². The molecule has 1 heterocycles. The van der Waals surface area contributed by atoms with Gasteiger partial charge in [0.2, 0.25) is 5.91 Å². The molecule has 0 saturated heterocycles. The summed E-state index contributed by atoms with van der Waals surface area (Å²) in [7, 11) is 0. The zero-order valence-electron chi connectivity index (χ0n) is 21.9. The molecule has 37 heavy (non-hydrogen) atoms. The molecule has 1 unspecified atom stereocenters. The van der Waals surface area contributed by atoms with E-state index < -0.39 is 0 Å². The minimum Gasteiger partial charge on any atom is -0.465 e. The van der Waals surface area contributed by atoms with Crippen molar-refractivity contribution in [1.29, 1.82) is 0 Å². The van der Waals surface area contributed by atoms with E-state index in [0.29, 0.717) is 37.1 Å². The number of ether oxygens (including phenoxy) is 1. The number of carbonyl (C=O) groups excluding carboxylic acids is 1. The molecule has 1 aliphatic carbocycles. The fraction of sp³-hybridized carbons (Fsp3) is 0.467. The minimum atomic E-state index is -0.334. The number of halogens is 1. The predicted molar refractivity (Wildman–Crippen MR) is 150 cm³/mol. The lowest BCUT2D eigenvalue weighted by Gasteiger charge is -2.24. The SMILES string of the molecule is CCOc1nc(CC)c(CNC(=O)C(S)CC2CCCCC2)n1Cc1ccc(-c2ccccc2)cc1F. The molecular weight excluding hydrogens is 485 g/mol. The van der Waals surface area contributed by atoms with Crippen molar-refractivity contribution in [1.82, 2.24) is 14.9 Å². The number of amides is 1. The summed E-state index contributed by atoms with van der Waals surface area (Å²) < 4.78 is 23.0. The zero-order valence-corrected chi connectivity index (χ0v) is 22.8. The van der Waals surface area contributed by atoms with Gasteiger partial charge in [-0.1, -0.05) is 81.5 Å². The van der Waals surface area contributed by atoms with E-state index in [4.69, 9.17) is 4.74 Å². The maximum Gasteiger partial charge on any atom is 0.297 e. The maximum atomic E-state index is 15.2. The first-order chi connectivity index (χ1) is 18.0. The van der Waals surface area contributed by atoms with Crippen LogP contribution in [0, 0.1) is 11.7 Å². The van der Waals surface area contributed by atoms with Crippen LogP contribution in [0.25, 0.3) is 11.1 Å². The molecule has 1 fully saturated rings. The highest BCUT2D eigenvalue weighted by molar-refractivity contribution is 7.81. The molecule has 7 heteroatoms. The Labute approximate surface area is 225 Å². The van der Waals surface area contributed by atoms with Gasteiger partial charge in [0.25, 0.3) is 6.01 Å². The Bertz CT molecular complexity index is 1180. The van der Waals surface area contributed by atoms with Crippen LogP contribution in [-0.2, 0) is 24.3 Å². The maximum absolute atomic E-state index is 15.2. The Morgan fingerprint density at radius 3 is 2.57 bits per heavy atom. The van der Waals surface area contributed by atoms with Crippen molar-refractivity contribution in [2.24, 2.45) is 5.92 Å². The highest BCUT2D eigenvalue weighted by Crippen LogP contribution is 2.29. The van der Waals surface area contributed by atoms with Gasteiger partial charge in [0, 0.05) is 5.56 Å². The van der Waals surface area contributed by atoms with Crippen LogP contribution < -0.4 is 10.1 Å². The number of hydrogen-bond acceptors (Lipinski definition) is 4. The summed E-state index contributed by atoms with van der Waals surface area (Å²) in [4.78, 5) is 17.6. The fourth-order valence-electron chi connectivity index (χ4n) is 5.18. The van der Waals surface area contributed by atoms with Crippen molar-refractivity contribution in [3.05, 3.63) is 71.3 Å². The van der Waals surface area contributed by atoms with E-state index in [-0.39, 0.29) is 23.5 Å². The molecule has 1 atom stereocenters. The van der Waals surface area contributed by atoms with Crippen LogP contribution in [0.1, 0.15) is 69.3 Å². The monoisotopic (exact) mass is 523 g/mol. The highest BCUT2D eigenvalue weighted by Gasteiger charge is 2.23. The molecular formula is C30H38FN3O2S. The second kappa shape index (κ2) is 13.1. The second-order valence-electron chi connectivity index (χ2n) is 9.81. The number of imidazole rings is 1. The Hall–Kier alpha value is -2.80. The van der Waals surface area contributed by atoms with Gasteiger partial charge in [0.05, 0.1) is 36.3 Å². The van der Waals surface area contributed by atoms with Crippen molar-refractivity contribution < 1.29 is 13.9 Å². The van der Waals surface area contributed by atoms with Gasteiger partial charge in [0.15, 0.2) is 0 Å². The van der Waals surface area contributed by atoms with Gasteiger partial charge < -0.3 is 10.1 Å². The van der Waals surface area contributed by atoms with Crippen molar-refractivity contribution in [2.45, 2.75) is 77.1 Å². The van der Waals surface area contributed by atoms with Gasteiger partial charge in [-0.2, -0.15) is 17.6 Å². The quantitative estimate of drug-likeness (QED) is 0.279. The first-order valence-electron chi connectivity index (χ1n) is 13.5. The molecule has 0 aliphatic heterocycles. The zero-order chi connectivity index (χ0) is 26.2. The number of aryl methyl sites for hydroxylation is 1. The first kappa shape index (κ1) is 27.2. The number of aromatic nitrogens is 2. The topological polar surface area (TPSA) is 56.1 Å². The van der Waals surface area contributed by atoms with Crippen LogP contribution >= 0.6 is 12.6 Å². The van der Waals surface area contributed by atoms with Gasteiger partial charge in [-0.25, -0.2) is 4.39 Å². The molecule has 0 radical (unpaired) electrons. The molecule has 198 valence electrons. The lowest BCUT2D eigenvalue weighted by molar-refractivity contribution is -0.121. The van der Waals surface area contributed by atoms with Crippen molar-refractivity contribution in [3.63, 3.8) is 0 Å². The molecule has 1 amide bonds. The molecule has 1 N–H and O–H groups in total. The van der Waals surface area contributed by atoms with Crippen LogP contribution in [0.4, 0.5) is 4.39 Å². The third-order valence-electron chi connectivity index (χ3n) is 7.23. The van der Waals surface area contributed by atoms with Crippen LogP contribution in [0.2, 0.25) is 0 Å². The van der Waals surface area contributed by atoms with E-state index in [1.807, 2.05) is 60.9 Å². The van der Waals surface area contributed by atoms with Crippen LogP contribution in [0.5, 0.6) is 6.01 Å². The van der Waals surface area contributed by atoms with E-state index in [1.54, 1.807) is 6.07 Å². The molecule has 5 nitrogen and oxygen atoms in total. The molecule has 1 aliphatic rings. The number of rotatable bonds is 11. The number of nitrogens with one attached hydrogen (secondary N) is 1. The molecule has 4 rings (SSSR count). The summed E-state index contributed by atoms with van der Waals surface area (Å²) in [6.45, 7) is 4.93. The smallest absolute Gasteiger partial charge is 0.297 e. The summed E-state index contributed by atoms with van der Waals surface area (Å²) in [5, 5.41) is 2.73. The van der Waals surface area contributed by atoms with E-state index in [9.17, 15) is 4.79 Å². The number of nitrogens with zero attached hydrogens (tertiary/aromatic N) is 2. The average Bonchev–Trinajstić information content (AvgIpc) is 3.25. The molecule has 3 aromatic rings. The summed E-state index contributed by atoms with van der Waals surface area (Å²) in [6, 6.07) is 15.5. The van der Waals surface area contributed by atoms with Crippen LogP contribution in [0.15, 0.2) is 48.5 Å². The van der Waals surface area contributed by atoms with E-state index in [1.165, 1.54) is 32.1 Å². The van der Waals surface area contributed by atoms with Crippen LogP contribution in [0.3, 0.4) is 0 Å². The molecule has 1 aromatic heterocycles. The van der Waals surface area contributed by atoms with E-state index >= 15 is 4.39 Å². The Kier molecular flexibility index (Phi) is 9.67. The van der Waals surface area contributed by atoms with E-state index in [2.05, 4.69) is 22.9 Å². The first-order valence-corrected chi connectivity index (χ1v) is 14.0. The summed E-state index contributed by atoms with van der Waals surface area (Å²) in [6.07, 6.45) is 7.64. The third-order valence-corrected chi connectivity index (χ3v) is 7.68. The largest absolute Gasteiger partial charge is 0.465 e. The van der Waals surface area contributed by atoms with Crippen LogP contribution in [-0.4, -0.2) is 27.3 Å². The number of thiol groups is 1. The second-order valence-corrected chi connectivity index (χ2v) is 10.4. The predicted octanol–water partition coefficient (Wildman–Crippen LogP) is 6.58. The lowest BCUT2D eigenvalue weighted by atomic mass is 9.86. The number of hydrogen-bond donors (Lipinski definition) is 2.